The molecule has 0 spiro atoms. The standard InChI is InChI=1S/C14H18INO2/c1-14(2)9-16(8-7-12(14)17)13(18)10-5-3-4-6-11(10)15/h3-6,12,17H,7-9H2,1-2H3. The average Bonchev–Trinajstić information content (AvgIpc) is 2.32. The summed E-state index contributed by atoms with van der Waals surface area (Å²) in [6, 6.07) is 7.63. The Balaban J connectivity index is 2.18. The third-order valence-corrected chi connectivity index (χ3v) is 4.51. The number of hydrogen-bond acceptors (Lipinski definition) is 2. The van der Waals surface area contributed by atoms with Crippen molar-refractivity contribution in [2.24, 2.45) is 5.41 Å². The molecule has 3 nitrogen and oxygen atoms in total. The summed E-state index contributed by atoms with van der Waals surface area (Å²) in [5.74, 6) is 0.0694. The van der Waals surface area contributed by atoms with Crippen LogP contribution >= 0.6 is 22.6 Å². The Bertz CT molecular complexity index is 459. The van der Waals surface area contributed by atoms with Gasteiger partial charge in [0, 0.05) is 22.1 Å². The topological polar surface area (TPSA) is 40.5 Å². The van der Waals surface area contributed by atoms with Crippen LogP contribution in [-0.4, -0.2) is 35.1 Å². The van der Waals surface area contributed by atoms with Gasteiger partial charge in [-0.3, -0.25) is 4.79 Å². The van der Waals surface area contributed by atoms with Gasteiger partial charge >= 0.3 is 0 Å². The second-order valence-electron chi connectivity index (χ2n) is 5.50. The fraction of sp³-hybridized carbons (Fsp3) is 0.500. The Morgan fingerprint density at radius 2 is 2.11 bits per heavy atom. The van der Waals surface area contributed by atoms with Crippen LogP contribution in [0.15, 0.2) is 24.3 Å². The lowest BCUT2D eigenvalue weighted by molar-refractivity contribution is -0.0182. The molecule has 1 aliphatic rings. The lowest BCUT2D eigenvalue weighted by atomic mass is 9.81. The van der Waals surface area contributed by atoms with Crippen molar-refractivity contribution in [2.75, 3.05) is 13.1 Å². The second-order valence-corrected chi connectivity index (χ2v) is 6.66. The average molecular weight is 359 g/mol. The number of aliphatic hydroxyl groups excluding tert-OH is 1. The maximum Gasteiger partial charge on any atom is 0.254 e. The molecule has 1 heterocycles. The molecule has 1 fully saturated rings. The van der Waals surface area contributed by atoms with E-state index in [2.05, 4.69) is 22.6 Å². The minimum Gasteiger partial charge on any atom is -0.392 e. The van der Waals surface area contributed by atoms with Gasteiger partial charge in [0.2, 0.25) is 0 Å². The van der Waals surface area contributed by atoms with Crippen LogP contribution in [0.25, 0.3) is 0 Å². The van der Waals surface area contributed by atoms with Crippen molar-refractivity contribution < 1.29 is 9.90 Å². The molecule has 1 aromatic carbocycles. The Kier molecular flexibility index (Phi) is 3.96. The number of hydrogen-bond donors (Lipinski definition) is 1. The van der Waals surface area contributed by atoms with E-state index in [1.54, 1.807) is 0 Å². The highest BCUT2D eigenvalue weighted by atomic mass is 127. The van der Waals surface area contributed by atoms with Crippen molar-refractivity contribution in [3.8, 4) is 0 Å². The van der Waals surface area contributed by atoms with Gasteiger partial charge in [-0.05, 0) is 41.1 Å². The first-order chi connectivity index (χ1) is 8.42. The molecule has 0 aliphatic carbocycles. The van der Waals surface area contributed by atoms with E-state index < -0.39 is 0 Å². The van der Waals surface area contributed by atoms with Gasteiger partial charge in [-0.2, -0.15) is 0 Å². The molecule has 1 aromatic rings. The van der Waals surface area contributed by atoms with Crippen LogP contribution in [0.3, 0.4) is 0 Å². The molecule has 1 N–H and O–H groups in total. The Morgan fingerprint density at radius 3 is 2.72 bits per heavy atom. The largest absolute Gasteiger partial charge is 0.392 e. The first-order valence-corrected chi connectivity index (χ1v) is 7.21. The number of likely N-dealkylation sites (tertiary alicyclic amines) is 1. The molecular weight excluding hydrogens is 341 g/mol. The van der Waals surface area contributed by atoms with Gasteiger partial charge in [-0.15, -0.1) is 0 Å². The van der Waals surface area contributed by atoms with Crippen LogP contribution in [0.2, 0.25) is 0 Å². The van der Waals surface area contributed by atoms with Gasteiger partial charge in [0.25, 0.3) is 5.91 Å². The van der Waals surface area contributed by atoms with Gasteiger partial charge in [-0.1, -0.05) is 26.0 Å². The summed E-state index contributed by atoms with van der Waals surface area (Å²) in [6.07, 6.45) is 0.332. The fourth-order valence-electron chi connectivity index (χ4n) is 2.32. The second kappa shape index (κ2) is 5.17. The molecule has 1 aliphatic heterocycles. The number of benzene rings is 1. The van der Waals surface area contributed by atoms with E-state index in [1.165, 1.54) is 0 Å². The highest BCUT2D eigenvalue weighted by Crippen LogP contribution is 2.30. The molecule has 1 saturated heterocycles. The molecule has 98 valence electrons. The predicted molar refractivity (Wildman–Crippen MR) is 79.5 cm³/mol. The maximum absolute atomic E-state index is 12.5. The van der Waals surface area contributed by atoms with E-state index in [0.717, 1.165) is 9.13 Å². The van der Waals surface area contributed by atoms with E-state index in [1.807, 2.05) is 43.0 Å². The normalized spacial score (nSPS) is 22.9. The molecule has 2 rings (SSSR count). The van der Waals surface area contributed by atoms with Crippen molar-refractivity contribution >= 4 is 28.5 Å². The minimum atomic E-state index is -0.323. The van der Waals surface area contributed by atoms with E-state index in [-0.39, 0.29) is 17.4 Å². The van der Waals surface area contributed by atoms with Gasteiger partial charge in [0.05, 0.1) is 11.7 Å². The lowest BCUT2D eigenvalue weighted by Crippen LogP contribution is -2.50. The van der Waals surface area contributed by atoms with E-state index >= 15 is 0 Å². The van der Waals surface area contributed by atoms with Crippen LogP contribution < -0.4 is 0 Å². The van der Waals surface area contributed by atoms with Crippen LogP contribution in [0.1, 0.15) is 30.6 Å². The summed E-state index contributed by atoms with van der Waals surface area (Å²) in [6.45, 7) is 5.26. The van der Waals surface area contributed by atoms with Crippen LogP contribution in [0, 0.1) is 8.99 Å². The summed E-state index contributed by atoms with van der Waals surface area (Å²) >= 11 is 2.19. The van der Waals surface area contributed by atoms with E-state index in [0.29, 0.717) is 19.5 Å². The number of nitrogens with zero attached hydrogens (tertiary/aromatic N) is 1. The summed E-state index contributed by atoms with van der Waals surface area (Å²) in [7, 11) is 0. The molecule has 1 atom stereocenters. The van der Waals surface area contributed by atoms with Crippen molar-refractivity contribution in [3.63, 3.8) is 0 Å². The van der Waals surface area contributed by atoms with Crippen molar-refractivity contribution in [2.45, 2.75) is 26.4 Å². The first-order valence-electron chi connectivity index (χ1n) is 6.14. The van der Waals surface area contributed by atoms with Crippen LogP contribution in [0.4, 0.5) is 0 Å². The number of piperidine rings is 1. The SMILES string of the molecule is CC1(C)CN(C(=O)c2ccccc2I)CCC1O. The summed E-state index contributed by atoms with van der Waals surface area (Å²) in [5, 5.41) is 9.92. The van der Waals surface area contributed by atoms with Crippen LogP contribution in [-0.2, 0) is 0 Å². The Morgan fingerprint density at radius 1 is 1.44 bits per heavy atom. The summed E-state index contributed by atoms with van der Waals surface area (Å²) in [5.41, 5.74) is 0.527. The number of carbonyl (C=O) groups excluding carboxylic acids is 1. The van der Waals surface area contributed by atoms with Gasteiger partial charge in [0.15, 0.2) is 0 Å². The quantitative estimate of drug-likeness (QED) is 0.783. The molecule has 1 unspecified atom stereocenters. The lowest BCUT2D eigenvalue weighted by Gasteiger charge is -2.41. The molecule has 0 bridgehead atoms. The van der Waals surface area contributed by atoms with Crippen molar-refractivity contribution in [1.29, 1.82) is 0 Å². The number of carbonyl (C=O) groups is 1. The molecule has 18 heavy (non-hydrogen) atoms. The van der Waals surface area contributed by atoms with E-state index in [9.17, 15) is 9.90 Å². The maximum atomic E-state index is 12.5. The highest BCUT2D eigenvalue weighted by Gasteiger charge is 2.36. The predicted octanol–water partition coefficient (Wildman–Crippen LogP) is 2.52. The third kappa shape index (κ3) is 2.69. The zero-order chi connectivity index (χ0) is 13.3. The summed E-state index contributed by atoms with van der Waals surface area (Å²) in [4.78, 5) is 14.3. The molecule has 0 saturated carbocycles. The zero-order valence-corrected chi connectivity index (χ0v) is 12.8. The molecular formula is C14H18INO2. The summed E-state index contributed by atoms with van der Waals surface area (Å²) < 4.78 is 0.976. The monoisotopic (exact) mass is 359 g/mol. The van der Waals surface area contributed by atoms with Gasteiger partial charge in [0.1, 0.15) is 0 Å². The molecule has 1 amide bonds. The zero-order valence-electron chi connectivity index (χ0n) is 10.7. The number of halogens is 1. The van der Waals surface area contributed by atoms with Crippen molar-refractivity contribution in [1.82, 2.24) is 4.90 Å². The van der Waals surface area contributed by atoms with Crippen LogP contribution in [0.5, 0.6) is 0 Å². The fourth-order valence-corrected chi connectivity index (χ4v) is 2.94. The minimum absolute atomic E-state index is 0.0694. The van der Waals surface area contributed by atoms with E-state index in [4.69, 9.17) is 0 Å². The van der Waals surface area contributed by atoms with Gasteiger partial charge < -0.3 is 10.0 Å². The van der Waals surface area contributed by atoms with Crippen molar-refractivity contribution in [3.05, 3.63) is 33.4 Å². The highest BCUT2D eigenvalue weighted by molar-refractivity contribution is 14.1. The number of amides is 1. The smallest absolute Gasteiger partial charge is 0.254 e. The Hall–Kier alpha value is -0.620. The molecule has 0 aromatic heterocycles. The Labute approximate surface area is 121 Å². The third-order valence-electron chi connectivity index (χ3n) is 3.56. The first kappa shape index (κ1) is 13.8. The molecule has 4 heteroatoms. The number of aliphatic hydroxyl groups is 1. The molecule has 0 radical (unpaired) electrons. The number of rotatable bonds is 1. The van der Waals surface area contributed by atoms with Gasteiger partial charge in [-0.25, -0.2) is 0 Å².